The Morgan fingerprint density at radius 3 is 2.19 bits per heavy atom. The molecule has 6 nitrogen and oxygen atoms in total. The van der Waals surface area contributed by atoms with Crippen molar-refractivity contribution in [2.45, 2.75) is 31.6 Å². The molecule has 6 heteroatoms. The number of rotatable bonds is 5. The van der Waals surface area contributed by atoms with Gasteiger partial charge >= 0.3 is 6.03 Å². The number of benzene rings is 2. The fourth-order valence-corrected chi connectivity index (χ4v) is 4.63. The van der Waals surface area contributed by atoms with Crippen LogP contribution in [-0.2, 0) is 21.4 Å². The van der Waals surface area contributed by atoms with Crippen LogP contribution in [0.15, 0.2) is 54.6 Å². The zero-order valence-electron chi connectivity index (χ0n) is 18.9. The van der Waals surface area contributed by atoms with Gasteiger partial charge in [0.1, 0.15) is 0 Å². The molecule has 1 N–H and O–H groups in total. The number of amides is 3. The number of urea groups is 1. The number of nitrogens with one attached hydrogen (secondary N) is 1. The molecule has 4 rings (SSSR count). The second-order valence-electron chi connectivity index (χ2n) is 8.95. The molecule has 2 aliphatic rings. The molecule has 3 amide bonds. The summed E-state index contributed by atoms with van der Waals surface area (Å²) in [6.45, 7) is 6.36. The Bertz CT molecular complexity index is 900. The van der Waals surface area contributed by atoms with Gasteiger partial charge in [-0.2, -0.15) is 0 Å². The van der Waals surface area contributed by atoms with Gasteiger partial charge < -0.3 is 19.9 Å². The van der Waals surface area contributed by atoms with Crippen molar-refractivity contribution in [1.29, 1.82) is 0 Å². The molecule has 2 heterocycles. The van der Waals surface area contributed by atoms with Crippen LogP contribution in [-0.4, -0.2) is 67.7 Å². The summed E-state index contributed by atoms with van der Waals surface area (Å²) in [5.41, 5.74) is 3.40. The molecular weight excluding hydrogens is 402 g/mol. The average Bonchev–Trinajstić information content (AvgIpc) is 2.85. The molecule has 0 unspecified atom stereocenters. The highest BCUT2D eigenvalue weighted by atomic mass is 16.5. The summed E-state index contributed by atoms with van der Waals surface area (Å²) in [6, 6.07) is 18.5. The van der Waals surface area contributed by atoms with E-state index in [1.807, 2.05) is 47.1 Å². The minimum Gasteiger partial charge on any atom is -0.381 e. The van der Waals surface area contributed by atoms with Crippen molar-refractivity contribution >= 4 is 11.9 Å². The summed E-state index contributed by atoms with van der Waals surface area (Å²) in [7, 11) is 0. The highest BCUT2D eigenvalue weighted by molar-refractivity contribution is 5.79. The van der Waals surface area contributed by atoms with Gasteiger partial charge in [0.25, 0.3) is 0 Å². The van der Waals surface area contributed by atoms with Gasteiger partial charge in [0.15, 0.2) is 0 Å². The third-order valence-electron chi connectivity index (χ3n) is 6.81. The van der Waals surface area contributed by atoms with Crippen LogP contribution in [0.5, 0.6) is 0 Å². The Morgan fingerprint density at radius 1 is 0.906 bits per heavy atom. The molecule has 170 valence electrons. The monoisotopic (exact) mass is 435 g/mol. The standard InChI is InChI=1S/C26H33N3O3/c1-21-7-9-22(10-8-21)19-24(30)28-13-15-29(16-14-28)25(31)27-20-26(11-17-32-18-12-26)23-5-3-2-4-6-23/h2-10H,11-20H2,1H3,(H,27,31). The zero-order chi connectivity index (χ0) is 22.4. The number of hydrogen-bond donors (Lipinski definition) is 1. The lowest BCUT2D eigenvalue weighted by molar-refractivity contribution is -0.131. The topological polar surface area (TPSA) is 61.9 Å². The fraction of sp³-hybridized carbons (Fsp3) is 0.462. The van der Waals surface area contributed by atoms with Gasteiger partial charge in [-0.1, -0.05) is 60.2 Å². The van der Waals surface area contributed by atoms with E-state index >= 15 is 0 Å². The SMILES string of the molecule is Cc1ccc(CC(=O)N2CCN(C(=O)NCC3(c4ccccc4)CCOCC3)CC2)cc1. The number of piperazine rings is 1. The van der Waals surface area contributed by atoms with E-state index in [-0.39, 0.29) is 17.4 Å². The summed E-state index contributed by atoms with van der Waals surface area (Å²) in [6.07, 6.45) is 2.21. The lowest BCUT2D eigenvalue weighted by Gasteiger charge is -2.39. The van der Waals surface area contributed by atoms with Crippen LogP contribution in [0.2, 0.25) is 0 Å². The highest BCUT2D eigenvalue weighted by Gasteiger charge is 2.35. The first-order valence-corrected chi connectivity index (χ1v) is 11.6. The van der Waals surface area contributed by atoms with Crippen molar-refractivity contribution in [2.24, 2.45) is 0 Å². The summed E-state index contributed by atoms with van der Waals surface area (Å²) < 4.78 is 5.59. The van der Waals surface area contributed by atoms with Gasteiger partial charge in [-0.25, -0.2) is 4.79 Å². The van der Waals surface area contributed by atoms with E-state index in [0.717, 1.165) is 18.4 Å². The molecule has 0 radical (unpaired) electrons. The quantitative estimate of drug-likeness (QED) is 0.785. The molecule has 0 atom stereocenters. The van der Waals surface area contributed by atoms with E-state index in [4.69, 9.17) is 4.74 Å². The Hall–Kier alpha value is -2.86. The van der Waals surface area contributed by atoms with E-state index in [0.29, 0.717) is 52.4 Å². The molecule has 0 bridgehead atoms. The van der Waals surface area contributed by atoms with Crippen molar-refractivity contribution in [2.75, 3.05) is 45.9 Å². The van der Waals surface area contributed by atoms with Crippen molar-refractivity contribution in [1.82, 2.24) is 15.1 Å². The second kappa shape index (κ2) is 10.2. The Balaban J connectivity index is 1.28. The average molecular weight is 436 g/mol. The van der Waals surface area contributed by atoms with E-state index in [2.05, 4.69) is 29.6 Å². The third kappa shape index (κ3) is 5.30. The van der Waals surface area contributed by atoms with Crippen LogP contribution in [0.1, 0.15) is 29.5 Å². The van der Waals surface area contributed by atoms with Gasteiger partial charge in [0.05, 0.1) is 6.42 Å². The lowest BCUT2D eigenvalue weighted by Crippen LogP contribution is -2.55. The summed E-state index contributed by atoms with van der Waals surface area (Å²) in [5.74, 6) is 0.124. The number of carbonyl (C=O) groups is 2. The second-order valence-corrected chi connectivity index (χ2v) is 8.95. The summed E-state index contributed by atoms with van der Waals surface area (Å²) in [5, 5.41) is 3.18. The smallest absolute Gasteiger partial charge is 0.317 e. The molecule has 0 spiro atoms. The number of ether oxygens (including phenoxy) is 1. The van der Waals surface area contributed by atoms with Gasteiger partial charge in [0.2, 0.25) is 5.91 Å². The molecule has 2 aromatic rings. The number of aryl methyl sites for hydroxylation is 1. The van der Waals surface area contributed by atoms with Crippen molar-refractivity contribution < 1.29 is 14.3 Å². The predicted octanol–water partition coefficient (Wildman–Crippen LogP) is 3.14. The van der Waals surface area contributed by atoms with Crippen LogP contribution < -0.4 is 5.32 Å². The first kappa shape index (κ1) is 22.3. The fourth-order valence-electron chi connectivity index (χ4n) is 4.63. The molecular formula is C26H33N3O3. The van der Waals surface area contributed by atoms with Crippen LogP contribution in [0, 0.1) is 6.92 Å². The minimum atomic E-state index is -0.0823. The van der Waals surface area contributed by atoms with Crippen LogP contribution in [0.3, 0.4) is 0 Å². The maximum Gasteiger partial charge on any atom is 0.317 e. The minimum absolute atomic E-state index is 0.0440. The van der Waals surface area contributed by atoms with Gasteiger partial charge in [-0.15, -0.1) is 0 Å². The first-order chi connectivity index (χ1) is 15.6. The van der Waals surface area contributed by atoms with Crippen LogP contribution in [0.4, 0.5) is 4.79 Å². The van der Waals surface area contributed by atoms with E-state index in [1.54, 1.807) is 0 Å². The van der Waals surface area contributed by atoms with Crippen LogP contribution in [0.25, 0.3) is 0 Å². The molecule has 32 heavy (non-hydrogen) atoms. The maximum atomic E-state index is 12.9. The lowest BCUT2D eigenvalue weighted by atomic mass is 9.74. The number of nitrogens with zero attached hydrogens (tertiary/aromatic N) is 2. The molecule has 0 aromatic heterocycles. The van der Waals surface area contributed by atoms with Gasteiger partial charge in [-0.3, -0.25) is 4.79 Å². The molecule has 2 saturated heterocycles. The number of carbonyl (C=O) groups excluding carboxylic acids is 2. The first-order valence-electron chi connectivity index (χ1n) is 11.6. The molecule has 2 fully saturated rings. The Morgan fingerprint density at radius 2 is 1.53 bits per heavy atom. The van der Waals surface area contributed by atoms with Gasteiger partial charge in [0, 0.05) is 51.4 Å². The number of hydrogen-bond acceptors (Lipinski definition) is 3. The highest BCUT2D eigenvalue weighted by Crippen LogP contribution is 2.34. The van der Waals surface area contributed by atoms with Crippen molar-refractivity contribution in [3.05, 3.63) is 71.3 Å². The van der Waals surface area contributed by atoms with Crippen molar-refractivity contribution in [3.63, 3.8) is 0 Å². The molecule has 2 aliphatic heterocycles. The third-order valence-corrected chi connectivity index (χ3v) is 6.81. The molecule has 0 saturated carbocycles. The Labute approximate surface area is 190 Å². The normalized spacial score (nSPS) is 18.3. The van der Waals surface area contributed by atoms with E-state index in [1.165, 1.54) is 11.1 Å². The largest absolute Gasteiger partial charge is 0.381 e. The molecule has 0 aliphatic carbocycles. The zero-order valence-corrected chi connectivity index (χ0v) is 18.9. The van der Waals surface area contributed by atoms with E-state index < -0.39 is 0 Å². The summed E-state index contributed by atoms with van der Waals surface area (Å²) >= 11 is 0. The van der Waals surface area contributed by atoms with Crippen molar-refractivity contribution in [3.8, 4) is 0 Å². The predicted molar refractivity (Wildman–Crippen MR) is 125 cm³/mol. The molecule has 2 aromatic carbocycles. The van der Waals surface area contributed by atoms with E-state index in [9.17, 15) is 9.59 Å². The van der Waals surface area contributed by atoms with Gasteiger partial charge in [-0.05, 0) is 30.9 Å². The maximum absolute atomic E-state index is 12.9. The summed E-state index contributed by atoms with van der Waals surface area (Å²) in [4.78, 5) is 29.2. The Kier molecular flexibility index (Phi) is 7.10. The van der Waals surface area contributed by atoms with Crippen LogP contribution >= 0.6 is 0 Å².